The Bertz CT molecular complexity index is 1110. The van der Waals surface area contributed by atoms with Crippen LogP contribution in [0.3, 0.4) is 0 Å². The number of benzene rings is 3. The molecule has 0 unspecified atom stereocenters. The normalized spacial score (nSPS) is 12.9. The van der Waals surface area contributed by atoms with E-state index in [4.69, 9.17) is 10.00 Å². The van der Waals surface area contributed by atoms with Crippen molar-refractivity contribution in [2.45, 2.75) is 81.3 Å². The van der Waals surface area contributed by atoms with Crippen molar-refractivity contribution in [1.82, 2.24) is 0 Å². The molecule has 2 nitrogen and oxygen atoms in total. The average Bonchev–Trinajstić information content (AvgIpc) is 3.54. The number of nitriles is 1. The fourth-order valence-corrected chi connectivity index (χ4v) is 4.29. The third-order valence-electron chi connectivity index (χ3n) is 6.63. The van der Waals surface area contributed by atoms with Crippen LogP contribution in [-0.4, -0.2) is 0 Å². The van der Waals surface area contributed by atoms with E-state index in [1.165, 1.54) is 64.3 Å². The van der Waals surface area contributed by atoms with Crippen LogP contribution < -0.4 is 4.74 Å². The van der Waals surface area contributed by atoms with Gasteiger partial charge in [0.2, 0.25) is 0 Å². The van der Waals surface area contributed by atoms with Crippen LogP contribution in [0.2, 0.25) is 0 Å². The predicted molar refractivity (Wildman–Crippen MR) is 145 cm³/mol. The molecule has 0 amide bonds. The van der Waals surface area contributed by atoms with Crippen molar-refractivity contribution in [2.24, 2.45) is 5.41 Å². The van der Waals surface area contributed by atoms with Crippen molar-refractivity contribution in [1.29, 1.82) is 5.26 Å². The zero-order chi connectivity index (χ0) is 25.3. The zero-order valence-corrected chi connectivity index (χ0v) is 22.4. The number of hydrogen-bond donors (Lipinski definition) is 0. The van der Waals surface area contributed by atoms with Crippen LogP contribution >= 0.6 is 0 Å². The third-order valence-corrected chi connectivity index (χ3v) is 6.63. The second-order valence-corrected chi connectivity index (χ2v) is 9.44. The van der Waals surface area contributed by atoms with Crippen LogP contribution in [-0.2, 0) is 13.0 Å². The first-order valence-electron chi connectivity index (χ1n) is 12.5. The maximum Gasteiger partial charge on any atom is 0.120 e. The Labute approximate surface area is 207 Å². The Kier molecular flexibility index (Phi) is 9.94. The van der Waals surface area contributed by atoms with Crippen LogP contribution in [0.5, 0.6) is 5.75 Å². The Morgan fingerprint density at radius 3 is 2.03 bits per heavy atom. The lowest BCUT2D eigenvalue weighted by atomic mass is 9.91. The SMILES string of the molecule is CC.CC#N.Cc1ccc(OCc2cccc(-c3c(C)cccc3C)c2C)cc1CC1(C)CC1. The Morgan fingerprint density at radius 2 is 1.44 bits per heavy atom. The molecule has 3 aromatic rings. The third kappa shape index (κ3) is 6.97. The largest absolute Gasteiger partial charge is 0.489 e. The summed E-state index contributed by atoms with van der Waals surface area (Å²) in [5, 5.41) is 7.32. The van der Waals surface area contributed by atoms with E-state index >= 15 is 0 Å². The number of hydrogen-bond acceptors (Lipinski definition) is 2. The topological polar surface area (TPSA) is 33.0 Å². The van der Waals surface area contributed by atoms with E-state index in [-0.39, 0.29) is 0 Å². The molecule has 0 atom stereocenters. The molecule has 1 aliphatic carbocycles. The molecule has 1 fully saturated rings. The van der Waals surface area contributed by atoms with Gasteiger partial charge in [-0.3, -0.25) is 0 Å². The first kappa shape index (κ1) is 27.2. The lowest BCUT2D eigenvalue weighted by Crippen LogP contribution is -2.03. The van der Waals surface area contributed by atoms with E-state index in [0.29, 0.717) is 12.0 Å². The molecule has 1 aliphatic rings. The fraction of sp³-hybridized carbons (Fsp3) is 0.406. The maximum absolute atomic E-state index is 7.32. The average molecular weight is 456 g/mol. The molecule has 0 saturated heterocycles. The van der Waals surface area contributed by atoms with Gasteiger partial charge in [-0.1, -0.05) is 63.2 Å². The van der Waals surface area contributed by atoms with Crippen LogP contribution in [0.1, 0.15) is 73.9 Å². The van der Waals surface area contributed by atoms with Crippen molar-refractivity contribution >= 4 is 0 Å². The summed E-state index contributed by atoms with van der Waals surface area (Å²) in [6.07, 6.45) is 3.86. The van der Waals surface area contributed by atoms with Crippen molar-refractivity contribution < 1.29 is 4.74 Å². The van der Waals surface area contributed by atoms with Crippen molar-refractivity contribution in [3.8, 4) is 22.9 Å². The van der Waals surface area contributed by atoms with Gasteiger partial charge < -0.3 is 4.74 Å². The quantitative estimate of drug-likeness (QED) is 0.371. The number of ether oxygens (including phenoxy) is 1. The van der Waals surface area contributed by atoms with Gasteiger partial charge in [-0.25, -0.2) is 0 Å². The van der Waals surface area contributed by atoms with E-state index in [9.17, 15) is 0 Å². The van der Waals surface area contributed by atoms with Crippen LogP contribution in [0.25, 0.3) is 11.1 Å². The molecule has 0 radical (unpaired) electrons. The van der Waals surface area contributed by atoms with Gasteiger partial charge in [-0.15, -0.1) is 0 Å². The second kappa shape index (κ2) is 12.4. The van der Waals surface area contributed by atoms with E-state index < -0.39 is 0 Å². The van der Waals surface area contributed by atoms with Crippen LogP contribution in [0, 0.1) is 44.4 Å². The van der Waals surface area contributed by atoms with Crippen LogP contribution in [0.15, 0.2) is 54.6 Å². The number of aryl methyl sites for hydroxylation is 3. The van der Waals surface area contributed by atoms with Gasteiger partial charge in [0.05, 0.1) is 6.07 Å². The summed E-state index contributed by atoms with van der Waals surface area (Å²) in [4.78, 5) is 0. The second-order valence-electron chi connectivity index (χ2n) is 9.44. The summed E-state index contributed by atoms with van der Waals surface area (Å²) in [6.45, 7) is 17.2. The van der Waals surface area contributed by atoms with Crippen LogP contribution in [0.4, 0.5) is 0 Å². The maximum atomic E-state index is 7.32. The minimum absolute atomic E-state index is 0.514. The van der Waals surface area contributed by atoms with Gasteiger partial charge in [0, 0.05) is 6.92 Å². The summed E-state index contributed by atoms with van der Waals surface area (Å²) in [5.74, 6) is 0.978. The molecule has 0 bridgehead atoms. The molecule has 180 valence electrons. The molecule has 0 N–H and O–H groups in total. The van der Waals surface area contributed by atoms with E-state index in [1.807, 2.05) is 13.8 Å². The van der Waals surface area contributed by atoms with Gasteiger partial charge in [0.25, 0.3) is 0 Å². The molecule has 0 heterocycles. The molecule has 0 aliphatic heterocycles. The Balaban J connectivity index is 0.000000758. The highest BCUT2D eigenvalue weighted by Crippen LogP contribution is 2.48. The molecule has 34 heavy (non-hydrogen) atoms. The lowest BCUT2D eigenvalue weighted by Gasteiger charge is -2.17. The van der Waals surface area contributed by atoms with Gasteiger partial charge in [0.15, 0.2) is 0 Å². The molecule has 1 saturated carbocycles. The Morgan fingerprint density at radius 1 is 0.853 bits per heavy atom. The molecule has 3 aromatic carbocycles. The van der Waals surface area contributed by atoms with Crippen molar-refractivity contribution in [3.05, 3.63) is 88.0 Å². The summed E-state index contributed by atoms with van der Waals surface area (Å²) >= 11 is 0. The highest BCUT2D eigenvalue weighted by molar-refractivity contribution is 5.74. The molecule has 2 heteroatoms. The fourth-order valence-electron chi connectivity index (χ4n) is 4.29. The van der Waals surface area contributed by atoms with Crippen molar-refractivity contribution in [3.63, 3.8) is 0 Å². The highest BCUT2D eigenvalue weighted by Gasteiger charge is 2.37. The molecule has 0 aromatic heterocycles. The first-order valence-corrected chi connectivity index (χ1v) is 12.5. The standard InChI is InChI=1S/C28H32O.C2H3N.C2H6/c1-19-12-13-25(16-24(19)17-28(5)14-15-28)29-18-23-10-7-11-26(22(23)4)27-20(2)8-6-9-21(27)3;1-2-3;1-2/h6-13,16H,14-15,17-18H2,1-5H3;1H3;1-2H3. The lowest BCUT2D eigenvalue weighted by molar-refractivity contribution is 0.305. The minimum Gasteiger partial charge on any atom is -0.489 e. The van der Waals surface area contributed by atoms with E-state index in [2.05, 4.69) is 89.2 Å². The summed E-state index contributed by atoms with van der Waals surface area (Å²) in [6, 6.07) is 21.4. The molecular formula is C32H41NO. The van der Waals surface area contributed by atoms with Gasteiger partial charge >= 0.3 is 0 Å². The molecule has 0 spiro atoms. The number of rotatable bonds is 6. The summed E-state index contributed by atoms with van der Waals surface area (Å²) < 4.78 is 6.25. The van der Waals surface area contributed by atoms with Crippen molar-refractivity contribution in [2.75, 3.05) is 0 Å². The first-order chi connectivity index (χ1) is 16.3. The summed E-state index contributed by atoms with van der Waals surface area (Å²) in [7, 11) is 0. The van der Waals surface area contributed by atoms with Gasteiger partial charge in [-0.2, -0.15) is 5.26 Å². The number of nitrogens with zero attached hydrogens (tertiary/aromatic N) is 1. The van der Waals surface area contributed by atoms with E-state index in [0.717, 1.165) is 12.2 Å². The van der Waals surface area contributed by atoms with Gasteiger partial charge in [-0.05, 0) is 109 Å². The molecular weight excluding hydrogens is 414 g/mol. The Hall–Kier alpha value is -3.05. The minimum atomic E-state index is 0.514. The molecule has 4 rings (SSSR count). The van der Waals surface area contributed by atoms with Gasteiger partial charge in [0.1, 0.15) is 12.4 Å². The van der Waals surface area contributed by atoms with E-state index in [1.54, 1.807) is 6.07 Å². The summed E-state index contributed by atoms with van der Waals surface area (Å²) in [5.41, 5.74) is 11.2. The highest BCUT2D eigenvalue weighted by atomic mass is 16.5. The zero-order valence-electron chi connectivity index (χ0n) is 22.4. The smallest absolute Gasteiger partial charge is 0.120 e. The predicted octanol–water partition coefficient (Wildman–Crippen LogP) is 9.06. The monoisotopic (exact) mass is 455 g/mol.